The summed E-state index contributed by atoms with van der Waals surface area (Å²) in [5, 5.41) is 3.05. The van der Waals surface area contributed by atoms with Crippen LogP contribution in [0.1, 0.15) is 38.7 Å². The van der Waals surface area contributed by atoms with Crippen molar-refractivity contribution in [1.82, 2.24) is 10.2 Å². The smallest absolute Gasteiger partial charge is 0.244 e. The summed E-state index contributed by atoms with van der Waals surface area (Å²) in [5.41, 5.74) is 0.816. The summed E-state index contributed by atoms with van der Waals surface area (Å²) in [6, 6.07) is 10.9. The average molecular weight is 559 g/mol. The van der Waals surface area contributed by atoms with Gasteiger partial charge in [-0.05, 0) is 42.7 Å². The van der Waals surface area contributed by atoms with Gasteiger partial charge in [0, 0.05) is 13.1 Å². The molecule has 0 fully saturated rings. The summed E-state index contributed by atoms with van der Waals surface area (Å²) in [6.07, 6.45) is 3.04. The first-order valence-corrected chi connectivity index (χ1v) is 14.3. The van der Waals surface area contributed by atoms with Crippen LogP contribution in [0.3, 0.4) is 0 Å². The molecule has 1 N–H and O–H groups in total. The van der Waals surface area contributed by atoms with Gasteiger partial charge in [-0.1, -0.05) is 61.7 Å². The summed E-state index contributed by atoms with van der Waals surface area (Å²) < 4.78 is 31.6. The Hall–Kier alpha value is -2.49. The molecule has 0 bridgehead atoms. The summed E-state index contributed by atoms with van der Waals surface area (Å²) in [6.45, 7) is 3.83. The van der Waals surface area contributed by atoms with E-state index < -0.39 is 28.5 Å². The molecular weight excluding hydrogens is 525 g/mol. The van der Waals surface area contributed by atoms with E-state index in [-0.39, 0.29) is 28.2 Å². The summed E-state index contributed by atoms with van der Waals surface area (Å²) >= 11 is 12.4. The first kappa shape index (κ1) is 29.7. The molecule has 0 aliphatic carbocycles. The Morgan fingerprint density at radius 3 is 2.42 bits per heavy atom. The highest BCUT2D eigenvalue weighted by atomic mass is 35.5. The minimum absolute atomic E-state index is 0.0149. The highest BCUT2D eigenvalue weighted by Crippen LogP contribution is 2.33. The van der Waals surface area contributed by atoms with Gasteiger partial charge in [0.2, 0.25) is 21.8 Å². The number of halogens is 2. The van der Waals surface area contributed by atoms with E-state index in [2.05, 4.69) is 5.32 Å². The second kappa shape index (κ2) is 13.7. The SMILES string of the molecule is CCCCNC(=O)C(CC)N(Cc1cccc(OC)c1)C(=O)CN(c1cccc(Cl)c1Cl)S(C)(=O)=O. The van der Waals surface area contributed by atoms with Gasteiger partial charge < -0.3 is 15.0 Å². The van der Waals surface area contributed by atoms with E-state index >= 15 is 0 Å². The van der Waals surface area contributed by atoms with Crippen LogP contribution in [0.25, 0.3) is 0 Å². The van der Waals surface area contributed by atoms with Crippen molar-refractivity contribution < 1.29 is 22.7 Å². The number of sulfonamides is 1. The minimum Gasteiger partial charge on any atom is -0.497 e. The van der Waals surface area contributed by atoms with Gasteiger partial charge in [-0.25, -0.2) is 8.42 Å². The van der Waals surface area contributed by atoms with E-state index in [4.69, 9.17) is 27.9 Å². The molecule has 0 spiro atoms. The van der Waals surface area contributed by atoms with Crippen LogP contribution in [-0.4, -0.2) is 57.6 Å². The largest absolute Gasteiger partial charge is 0.497 e. The van der Waals surface area contributed by atoms with Gasteiger partial charge in [-0.15, -0.1) is 0 Å². The normalized spacial score (nSPS) is 12.1. The lowest BCUT2D eigenvalue weighted by atomic mass is 10.1. The maximum absolute atomic E-state index is 13.7. The van der Waals surface area contributed by atoms with Crippen LogP contribution < -0.4 is 14.4 Å². The number of hydrogen-bond donors (Lipinski definition) is 1. The van der Waals surface area contributed by atoms with Crippen LogP contribution in [-0.2, 0) is 26.2 Å². The van der Waals surface area contributed by atoms with Crippen LogP contribution in [0, 0.1) is 0 Å². The molecule has 0 heterocycles. The van der Waals surface area contributed by atoms with Crippen LogP contribution in [0.15, 0.2) is 42.5 Å². The number of benzene rings is 2. The van der Waals surface area contributed by atoms with Crippen molar-refractivity contribution in [2.75, 3.05) is 30.8 Å². The molecule has 0 aromatic heterocycles. The second-order valence-corrected chi connectivity index (χ2v) is 11.0. The monoisotopic (exact) mass is 557 g/mol. The molecular formula is C25H33Cl2N3O5S. The molecule has 1 unspecified atom stereocenters. The maximum Gasteiger partial charge on any atom is 0.244 e. The number of anilines is 1. The Morgan fingerprint density at radius 2 is 1.81 bits per heavy atom. The number of nitrogens with one attached hydrogen (secondary N) is 1. The van der Waals surface area contributed by atoms with Crippen molar-refractivity contribution in [3.05, 3.63) is 58.1 Å². The summed E-state index contributed by atoms with van der Waals surface area (Å²) in [7, 11) is -2.38. The first-order valence-electron chi connectivity index (χ1n) is 11.6. The van der Waals surface area contributed by atoms with Gasteiger partial charge in [0.25, 0.3) is 0 Å². The number of methoxy groups -OCH3 is 1. The lowest BCUT2D eigenvalue weighted by Crippen LogP contribution is -2.52. The quantitative estimate of drug-likeness (QED) is 0.366. The molecule has 8 nitrogen and oxygen atoms in total. The molecule has 1 atom stereocenters. The Balaban J connectivity index is 2.46. The molecule has 0 aliphatic rings. The predicted molar refractivity (Wildman–Crippen MR) is 144 cm³/mol. The number of ether oxygens (including phenoxy) is 1. The lowest BCUT2D eigenvalue weighted by molar-refractivity contribution is -0.140. The van der Waals surface area contributed by atoms with Crippen molar-refractivity contribution in [1.29, 1.82) is 0 Å². The average Bonchev–Trinajstić information content (AvgIpc) is 2.83. The van der Waals surface area contributed by atoms with Crippen LogP contribution in [0.2, 0.25) is 10.0 Å². The van der Waals surface area contributed by atoms with Crippen molar-refractivity contribution in [3.63, 3.8) is 0 Å². The number of carbonyl (C=O) groups is 2. The van der Waals surface area contributed by atoms with E-state index in [1.165, 1.54) is 24.1 Å². The third kappa shape index (κ3) is 8.01. The molecule has 2 amide bonds. The van der Waals surface area contributed by atoms with Crippen molar-refractivity contribution in [3.8, 4) is 5.75 Å². The molecule has 11 heteroatoms. The number of carbonyl (C=O) groups excluding carboxylic acids is 2. The molecule has 2 aromatic carbocycles. The third-order valence-corrected chi connectivity index (χ3v) is 7.52. The standard InChI is InChI=1S/C25H33Cl2N3O5S/c1-5-7-14-28-25(32)21(6-2)29(16-18-10-8-11-19(15-18)35-3)23(31)17-30(36(4,33)34)22-13-9-12-20(26)24(22)27/h8-13,15,21H,5-7,14,16-17H2,1-4H3,(H,28,32). The molecule has 2 aromatic rings. The Kier molecular flexibility index (Phi) is 11.3. The molecule has 0 saturated carbocycles. The Morgan fingerprint density at radius 1 is 1.11 bits per heavy atom. The van der Waals surface area contributed by atoms with Crippen LogP contribution in [0.4, 0.5) is 5.69 Å². The fourth-order valence-corrected chi connectivity index (χ4v) is 4.98. The topological polar surface area (TPSA) is 96.0 Å². The fourth-order valence-electron chi connectivity index (χ4n) is 3.67. The zero-order chi connectivity index (χ0) is 26.9. The summed E-state index contributed by atoms with van der Waals surface area (Å²) in [4.78, 5) is 28.2. The summed E-state index contributed by atoms with van der Waals surface area (Å²) in [5.74, 6) is -0.255. The van der Waals surface area contributed by atoms with Gasteiger partial charge in [0.1, 0.15) is 18.3 Å². The zero-order valence-corrected chi connectivity index (χ0v) is 23.3. The van der Waals surface area contributed by atoms with Gasteiger partial charge in [0.05, 0.1) is 29.1 Å². The van der Waals surface area contributed by atoms with Gasteiger partial charge >= 0.3 is 0 Å². The lowest BCUT2D eigenvalue weighted by Gasteiger charge is -2.33. The number of nitrogens with zero attached hydrogens (tertiary/aromatic N) is 2. The van der Waals surface area contributed by atoms with E-state index in [1.807, 2.05) is 13.0 Å². The highest BCUT2D eigenvalue weighted by molar-refractivity contribution is 7.92. The van der Waals surface area contributed by atoms with Crippen LogP contribution in [0.5, 0.6) is 5.75 Å². The van der Waals surface area contributed by atoms with Crippen molar-refractivity contribution in [2.45, 2.75) is 45.7 Å². The number of rotatable bonds is 13. The second-order valence-electron chi connectivity index (χ2n) is 8.28. The Labute approximate surface area is 223 Å². The van der Waals surface area contributed by atoms with Gasteiger partial charge in [-0.3, -0.25) is 13.9 Å². The fraction of sp³-hybridized carbons (Fsp3) is 0.440. The van der Waals surface area contributed by atoms with E-state index in [1.54, 1.807) is 31.2 Å². The van der Waals surface area contributed by atoms with E-state index in [9.17, 15) is 18.0 Å². The zero-order valence-electron chi connectivity index (χ0n) is 21.0. The molecule has 2 rings (SSSR count). The minimum atomic E-state index is -3.92. The Bertz CT molecular complexity index is 1160. The predicted octanol–water partition coefficient (Wildman–Crippen LogP) is 4.49. The molecule has 0 aliphatic heterocycles. The van der Waals surface area contributed by atoms with Crippen molar-refractivity contribution in [2.24, 2.45) is 0 Å². The molecule has 0 saturated heterocycles. The first-order chi connectivity index (χ1) is 17.0. The third-order valence-electron chi connectivity index (χ3n) is 5.58. The van der Waals surface area contributed by atoms with Crippen molar-refractivity contribution >= 4 is 50.7 Å². The van der Waals surface area contributed by atoms with Gasteiger partial charge in [0.15, 0.2) is 0 Å². The highest BCUT2D eigenvalue weighted by Gasteiger charge is 2.32. The number of amides is 2. The molecule has 36 heavy (non-hydrogen) atoms. The van der Waals surface area contributed by atoms with Gasteiger partial charge in [-0.2, -0.15) is 0 Å². The maximum atomic E-state index is 13.7. The van der Waals surface area contributed by atoms with Crippen LogP contribution >= 0.6 is 23.2 Å². The van der Waals surface area contributed by atoms with E-state index in [0.29, 0.717) is 18.7 Å². The number of hydrogen-bond acceptors (Lipinski definition) is 5. The molecule has 198 valence electrons. The van der Waals surface area contributed by atoms with E-state index in [0.717, 1.165) is 29.0 Å². The molecule has 0 radical (unpaired) electrons. The number of unbranched alkanes of at least 4 members (excludes halogenated alkanes) is 1.